The number of halogens is 3. The molecule has 0 atom stereocenters. The van der Waals surface area contributed by atoms with Crippen LogP contribution in [0.15, 0.2) is 18.2 Å². The number of hydrogen-bond acceptors (Lipinski definition) is 3. The van der Waals surface area contributed by atoms with Gasteiger partial charge < -0.3 is 4.90 Å². The number of rotatable bonds is 3. The first-order valence-corrected chi connectivity index (χ1v) is 5.04. The number of nitrogens with zero attached hydrogens (tertiary/aromatic N) is 3. The van der Waals surface area contributed by atoms with E-state index in [9.17, 15) is 13.2 Å². The topological polar surface area (TPSA) is 39.9 Å². The monoisotopic (exact) mass is 243 g/mol. The van der Waals surface area contributed by atoms with Crippen molar-refractivity contribution in [3.8, 4) is 6.07 Å². The minimum absolute atomic E-state index is 0.107. The van der Waals surface area contributed by atoms with E-state index in [-0.39, 0.29) is 17.6 Å². The molecule has 0 saturated heterocycles. The molecule has 1 aromatic rings. The molecule has 0 bridgehead atoms. The fourth-order valence-electron chi connectivity index (χ4n) is 1.37. The zero-order valence-corrected chi connectivity index (χ0v) is 9.49. The summed E-state index contributed by atoms with van der Waals surface area (Å²) in [6, 6.07) is 5.90. The predicted molar refractivity (Wildman–Crippen MR) is 57.5 cm³/mol. The third kappa shape index (κ3) is 3.94. The van der Waals surface area contributed by atoms with E-state index in [1.165, 1.54) is 18.2 Å². The summed E-state index contributed by atoms with van der Waals surface area (Å²) < 4.78 is 37.2. The van der Waals surface area contributed by atoms with Crippen molar-refractivity contribution in [2.75, 3.05) is 11.4 Å². The van der Waals surface area contributed by atoms with Gasteiger partial charge in [-0.15, -0.1) is 0 Å². The molecule has 0 spiro atoms. The summed E-state index contributed by atoms with van der Waals surface area (Å²) in [4.78, 5) is 4.97. The number of anilines is 1. The lowest BCUT2D eigenvalue weighted by molar-refractivity contribution is -0.120. The maximum absolute atomic E-state index is 12.4. The number of hydrogen-bond donors (Lipinski definition) is 0. The van der Waals surface area contributed by atoms with Crippen molar-refractivity contribution in [3.63, 3.8) is 0 Å². The lowest BCUT2D eigenvalue weighted by atomic mass is 10.3. The minimum atomic E-state index is -4.30. The number of aromatic nitrogens is 1. The van der Waals surface area contributed by atoms with Gasteiger partial charge in [-0.3, -0.25) is 0 Å². The molecule has 0 radical (unpaired) electrons. The van der Waals surface area contributed by atoms with Crippen molar-refractivity contribution in [2.24, 2.45) is 0 Å². The van der Waals surface area contributed by atoms with Crippen LogP contribution in [0.2, 0.25) is 0 Å². The van der Waals surface area contributed by atoms with E-state index in [2.05, 4.69) is 4.98 Å². The van der Waals surface area contributed by atoms with E-state index in [1.807, 2.05) is 0 Å². The average Bonchev–Trinajstić information content (AvgIpc) is 2.24. The van der Waals surface area contributed by atoms with Crippen LogP contribution >= 0.6 is 0 Å². The van der Waals surface area contributed by atoms with E-state index in [4.69, 9.17) is 5.26 Å². The minimum Gasteiger partial charge on any atom is -0.345 e. The molecule has 0 N–H and O–H groups in total. The SMILES string of the molecule is CC(C)N(CC(F)(F)F)c1cccc(C#N)n1. The third-order valence-corrected chi connectivity index (χ3v) is 2.12. The molecule has 0 saturated carbocycles. The fraction of sp³-hybridized carbons (Fsp3) is 0.455. The Bertz CT molecular complexity index is 421. The molecule has 1 rings (SSSR count). The Morgan fingerprint density at radius 2 is 2.06 bits per heavy atom. The van der Waals surface area contributed by atoms with Gasteiger partial charge in [0.2, 0.25) is 0 Å². The zero-order chi connectivity index (χ0) is 13.1. The fourth-order valence-corrected chi connectivity index (χ4v) is 1.37. The number of nitriles is 1. The molecule has 0 amide bonds. The van der Waals surface area contributed by atoms with Crippen molar-refractivity contribution in [1.82, 2.24) is 4.98 Å². The van der Waals surface area contributed by atoms with Gasteiger partial charge >= 0.3 is 6.18 Å². The zero-order valence-electron chi connectivity index (χ0n) is 9.49. The quantitative estimate of drug-likeness (QED) is 0.819. The highest BCUT2D eigenvalue weighted by molar-refractivity contribution is 5.42. The largest absolute Gasteiger partial charge is 0.405 e. The molecule has 1 heterocycles. The summed E-state index contributed by atoms with van der Waals surface area (Å²) in [6.45, 7) is 2.21. The van der Waals surface area contributed by atoms with Crippen LogP contribution in [0, 0.1) is 11.3 Å². The van der Waals surface area contributed by atoms with Crippen molar-refractivity contribution >= 4 is 5.82 Å². The van der Waals surface area contributed by atoms with Crippen LogP contribution in [0.25, 0.3) is 0 Å². The highest BCUT2D eigenvalue weighted by Crippen LogP contribution is 2.22. The molecule has 0 fully saturated rings. The lowest BCUT2D eigenvalue weighted by Gasteiger charge is -2.28. The molecule has 6 heteroatoms. The summed E-state index contributed by atoms with van der Waals surface area (Å²) in [5, 5.41) is 8.66. The molecule has 0 aliphatic rings. The van der Waals surface area contributed by atoms with Gasteiger partial charge in [0.05, 0.1) is 0 Å². The van der Waals surface area contributed by atoms with Crippen molar-refractivity contribution in [1.29, 1.82) is 5.26 Å². The standard InChI is InChI=1S/C11H12F3N3/c1-8(2)17(7-11(12,13)14)10-5-3-4-9(6-15)16-10/h3-5,8H,7H2,1-2H3. The van der Waals surface area contributed by atoms with Crippen molar-refractivity contribution in [3.05, 3.63) is 23.9 Å². The van der Waals surface area contributed by atoms with Crippen LogP contribution in [-0.4, -0.2) is 23.7 Å². The Morgan fingerprint density at radius 1 is 1.41 bits per heavy atom. The second-order valence-corrected chi connectivity index (χ2v) is 3.83. The molecule has 0 aliphatic carbocycles. The van der Waals surface area contributed by atoms with Crippen molar-refractivity contribution in [2.45, 2.75) is 26.1 Å². The van der Waals surface area contributed by atoms with Crippen LogP contribution in [0.3, 0.4) is 0 Å². The molecule has 92 valence electrons. The summed E-state index contributed by atoms with van der Waals surface area (Å²) >= 11 is 0. The molecular formula is C11H12F3N3. The van der Waals surface area contributed by atoms with E-state index >= 15 is 0 Å². The third-order valence-electron chi connectivity index (χ3n) is 2.12. The predicted octanol–water partition coefficient (Wildman–Crippen LogP) is 2.73. The summed E-state index contributed by atoms with van der Waals surface area (Å²) in [5.41, 5.74) is 0.107. The Balaban J connectivity index is 3.02. The van der Waals surface area contributed by atoms with Crippen LogP contribution in [-0.2, 0) is 0 Å². The smallest absolute Gasteiger partial charge is 0.345 e. The molecule has 0 aromatic carbocycles. The van der Waals surface area contributed by atoms with Gasteiger partial charge in [-0.25, -0.2) is 4.98 Å². The van der Waals surface area contributed by atoms with Gasteiger partial charge in [0.15, 0.2) is 0 Å². The average molecular weight is 243 g/mol. The van der Waals surface area contributed by atoms with Crippen molar-refractivity contribution < 1.29 is 13.2 Å². The molecular weight excluding hydrogens is 231 g/mol. The maximum atomic E-state index is 12.4. The second-order valence-electron chi connectivity index (χ2n) is 3.83. The van der Waals surface area contributed by atoms with Gasteiger partial charge in [-0.1, -0.05) is 6.07 Å². The highest BCUT2D eigenvalue weighted by atomic mass is 19.4. The first-order valence-electron chi connectivity index (χ1n) is 5.04. The molecule has 0 unspecified atom stereocenters. The Hall–Kier alpha value is -1.77. The normalized spacial score (nSPS) is 11.4. The number of pyridine rings is 1. The molecule has 1 aromatic heterocycles. The molecule has 3 nitrogen and oxygen atoms in total. The van der Waals surface area contributed by atoms with Gasteiger partial charge in [-0.2, -0.15) is 18.4 Å². The first-order chi connectivity index (χ1) is 7.83. The second kappa shape index (κ2) is 5.04. The summed E-state index contributed by atoms with van der Waals surface area (Å²) in [6.07, 6.45) is -4.30. The first kappa shape index (κ1) is 13.3. The summed E-state index contributed by atoms with van der Waals surface area (Å²) in [7, 11) is 0. The highest BCUT2D eigenvalue weighted by Gasteiger charge is 2.32. The van der Waals surface area contributed by atoms with E-state index in [1.54, 1.807) is 19.9 Å². The Kier molecular flexibility index (Phi) is 3.94. The van der Waals surface area contributed by atoms with Gasteiger partial charge in [-0.05, 0) is 26.0 Å². The van der Waals surface area contributed by atoms with Crippen LogP contribution in [0.5, 0.6) is 0 Å². The van der Waals surface area contributed by atoms with E-state index in [0.717, 1.165) is 4.90 Å². The lowest BCUT2D eigenvalue weighted by Crippen LogP contribution is -2.39. The number of alkyl halides is 3. The van der Waals surface area contributed by atoms with E-state index in [0.29, 0.717) is 0 Å². The Morgan fingerprint density at radius 3 is 2.53 bits per heavy atom. The molecule has 0 aliphatic heterocycles. The van der Waals surface area contributed by atoms with Crippen LogP contribution < -0.4 is 4.90 Å². The van der Waals surface area contributed by atoms with Gasteiger partial charge in [0.1, 0.15) is 24.1 Å². The van der Waals surface area contributed by atoms with Crippen LogP contribution in [0.1, 0.15) is 19.5 Å². The maximum Gasteiger partial charge on any atom is 0.405 e. The van der Waals surface area contributed by atoms with Crippen LogP contribution in [0.4, 0.5) is 19.0 Å². The molecule has 17 heavy (non-hydrogen) atoms. The summed E-state index contributed by atoms with van der Waals surface area (Å²) in [5.74, 6) is 0.163. The van der Waals surface area contributed by atoms with Gasteiger partial charge in [0.25, 0.3) is 0 Å². The van der Waals surface area contributed by atoms with E-state index < -0.39 is 12.7 Å². The van der Waals surface area contributed by atoms with Gasteiger partial charge in [0, 0.05) is 6.04 Å². The Labute approximate surface area is 97.5 Å².